The van der Waals surface area contributed by atoms with Crippen molar-refractivity contribution in [1.29, 1.82) is 0 Å². The summed E-state index contributed by atoms with van der Waals surface area (Å²) in [4.78, 5) is 2.53. The number of hydrogen-bond acceptors (Lipinski definition) is 2. The largest absolute Gasteiger partial charge is 0.508 e. The van der Waals surface area contributed by atoms with Crippen LogP contribution in [0.4, 0.5) is 0 Å². The zero-order valence-electron chi connectivity index (χ0n) is 12.9. The summed E-state index contributed by atoms with van der Waals surface area (Å²) in [7, 11) is 0. The van der Waals surface area contributed by atoms with Crippen molar-refractivity contribution in [3.8, 4) is 28.0 Å². The van der Waals surface area contributed by atoms with E-state index in [4.69, 9.17) is 0 Å². The van der Waals surface area contributed by atoms with Crippen LogP contribution in [0.5, 0.6) is 5.75 Å². The number of hydrogen-bond donors (Lipinski definition) is 1. The number of rotatable bonds is 0. The van der Waals surface area contributed by atoms with Crippen molar-refractivity contribution in [2.75, 3.05) is 0 Å². The van der Waals surface area contributed by atoms with Gasteiger partial charge in [-0.2, -0.15) is 0 Å². The lowest BCUT2D eigenvalue weighted by molar-refractivity contribution is 0.476. The highest BCUT2D eigenvalue weighted by Gasteiger charge is 2.19. The SMILES string of the molecule is Oc1ccc2cc3c(cc2c1)-c1ccccc1-c1ccccc1S3. The first-order valence-electron chi connectivity index (χ1n) is 7.93. The third kappa shape index (κ3) is 2.04. The molecule has 0 saturated carbocycles. The molecular formula is C22H14OS. The van der Waals surface area contributed by atoms with Crippen LogP contribution < -0.4 is 0 Å². The number of phenols is 1. The van der Waals surface area contributed by atoms with Gasteiger partial charge in [0.2, 0.25) is 0 Å². The normalized spacial score (nSPS) is 12.2. The minimum absolute atomic E-state index is 0.306. The van der Waals surface area contributed by atoms with Gasteiger partial charge in [0.05, 0.1) is 0 Å². The molecule has 114 valence electrons. The summed E-state index contributed by atoms with van der Waals surface area (Å²) in [6.45, 7) is 0. The molecule has 0 fully saturated rings. The Bertz CT molecular complexity index is 1100. The Kier molecular flexibility index (Phi) is 2.94. The third-order valence-electron chi connectivity index (χ3n) is 4.54. The molecule has 0 saturated heterocycles. The molecule has 4 aromatic carbocycles. The fraction of sp³-hybridized carbons (Fsp3) is 0. The van der Waals surface area contributed by atoms with Crippen molar-refractivity contribution < 1.29 is 5.11 Å². The van der Waals surface area contributed by atoms with Gasteiger partial charge in [0.15, 0.2) is 0 Å². The van der Waals surface area contributed by atoms with E-state index in [0.29, 0.717) is 5.75 Å². The second-order valence-electron chi connectivity index (χ2n) is 6.02. The standard InChI is InChI=1S/C22H14OS/c23-16-10-9-14-13-22-20(12-15(14)11-16)18-6-2-1-5-17(18)19-7-3-4-8-21(19)24-22/h1-13,23H. The highest BCUT2D eigenvalue weighted by Crippen LogP contribution is 2.48. The van der Waals surface area contributed by atoms with E-state index < -0.39 is 0 Å². The lowest BCUT2D eigenvalue weighted by atomic mass is 9.93. The molecule has 0 aliphatic carbocycles. The number of benzene rings is 4. The second-order valence-corrected chi connectivity index (χ2v) is 7.11. The smallest absolute Gasteiger partial charge is 0.116 e. The summed E-state index contributed by atoms with van der Waals surface area (Å²) < 4.78 is 0. The van der Waals surface area contributed by atoms with E-state index in [2.05, 4.69) is 60.7 Å². The average molecular weight is 326 g/mol. The van der Waals surface area contributed by atoms with E-state index >= 15 is 0 Å². The summed E-state index contributed by atoms with van der Waals surface area (Å²) in [6.07, 6.45) is 0. The van der Waals surface area contributed by atoms with E-state index in [-0.39, 0.29) is 0 Å². The first-order valence-corrected chi connectivity index (χ1v) is 8.75. The molecule has 0 atom stereocenters. The molecule has 1 aliphatic heterocycles. The molecule has 0 radical (unpaired) electrons. The predicted octanol–water partition coefficient (Wildman–Crippen LogP) is 6.34. The quantitative estimate of drug-likeness (QED) is 0.358. The van der Waals surface area contributed by atoms with Crippen LogP contribution in [-0.4, -0.2) is 5.11 Å². The van der Waals surface area contributed by atoms with Crippen molar-refractivity contribution in [3.05, 3.63) is 78.9 Å². The maximum Gasteiger partial charge on any atom is 0.116 e. The third-order valence-corrected chi connectivity index (χ3v) is 5.67. The fourth-order valence-electron chi connectivity index (χ4n) is 3.41. The number of aromatic hydroxyl groups is 1. The Balaban J connectivity index is 1.90. The van der Waals surface area contributed by atoms with Crippen LogP contribution in [0.3, 0.4) is 0 Å². The van der Waals surface area contributed by atoms with Crippen LogP contribution in [-0.2, 0) is 0 Å². The van der Waals surface area contributed by atoms with Crippen molar-refractivity contribution >= 4 is 22.5 Å². The molecule has 0 aromatic heterocycles. The molecule has 5 rings (SSSR count). The highest BCUT2D eigenvalue weighted by molar-refractivity contribution is 7.99. The molecule has 1 aliphatic rings. The molecule has 0 bridgehead atoms. The van der Waals surface area contributed by atoms with Gasteiger partial charge in [-0.15, -0.1) is 0 Å². The van der Waals surface area contributed by atoms with Crippen molar-refractivity contribution in [2.45, 2.75) is 9.79 Å². The molecule has 1 N–H and O–H groups in total. The van der Waals surface area contributed by atoms with Gasteiger partial charge in [-0.1, -0.05) is 60.3 Å². The van der Waals surface area contributed by atoms with Gasteiger partial charge in [-0.05, 0) is 63.4 Å². The molecule has 1 nitrogen and oxygen atoms in total. The van der Waals surface area contributed by atoms with Gasteiger partial charge in [0.1, 0.15) is 5.75 Å². The van der Waals surface area contributed by atoms with Gasteiger partial charge in [-0.3, -0.25) is 0 Å². The van der Waals surface area contributed by atoms with Gasteiger partial charge in [-0.25, -0.2) is 0 Å². The van der Waals surface area contributed by atoms with Crippen molar-refractivity contribution in [3.63, 3.8) is 0 Å². The number of phenolic OH excluding ortho intramolecular Hbond substituents is 1. The first-order chi connectivity index (χ1) is 11.8. The summed E-state index contributed by atoms with van der Waals surface area (Å²) in [5.41, 5.74) is 5.01. The summed E-state index contributed by atoms with van der Waals surface area (Å²) in [5, 5.41) is 12.0. The van der Waals surface area contributed by atoms with Crippen LogP contribution in [0.1, 0.15) is 0 Å². The Morgan fingerprint density at radius 1 is 0.542 bits per heavy atom. The Hall–Kier alpha value is -2.71. The molecule has 0 unspecified atom stereocenters. The van der Waals surface area contributed by atoms with Gasteiger partial charge < -0.3 is 5.11 Å². The van der Waals surface area contributed by atoms with E-state index in [1.807, 2.05) is 23.9 Å². The minimum Gasteiger partial charge on any atom is -0.508 e. The number of fused-ring (bicyclic) bond motifs is 6. The minimum atomic E-state index is 0.306. The van der Waals surface area contributed by atoms with E-state index in [0.717, 1.165) is 10.8 Å². The fourth-order valence-corrected chi connectivity index (χ4v) is 4.54. The second kappa shape index (κ2) is 5.15. The Morgan fingerprint density at radius 2 is 1.25 bits per heavy atom. The van der Waals surface area contributed by atoms with E-state index in [9.17, 15) is 5.11 Å². The Morgan fingerprint density at radius 3 is 2.08 bits per heavy atom. The van der Waals surface area contributed by atoms with Gasteiger partial charge in [0.25, 0.3) is 0 Å². The summed E-state index contributed by atoms with van der Waals surface area (Å²) >= 11 is 1.82. The van der Waals surface area contributed by atoms with Crippen molar-refractivity contribution in [2.24, 2.45) is 0 Å². The summed E-state index contributed by atoms with van der Waals surface area (Å²) in [6, 6.07) is 27.1. The molecule has 0 spiro atoms. The van der Waals surface area contributed by atoms with Gasteiger partial charge in [0, 0.05) is 9.79 Å². The average Bonchev–Trinajstić information content (AvgIpc) is 2.75. The first kappa shape index (κ1) is 13.7. The van der Waals surface area contributed by atoms with E-state index in [1.165, 1.54) is 32.0 Å². The maximum atomic E-state index is 9.82. The molecule has 1 heterocycles. The molecule has 24 heavy (non-hydrogen) atoms. The van der Waals surface area contributed by atoms with Crippen LogP contribution >= 0.6 is 11.8 Å². The Labute approximate surface area is 144 Å². The predicted molar refractivity (Wildman–Crippen MR) is 101 cm³/mol. The van der Waals surface area contributed by atoms with Crippen LogP contribution in [0.15, 0.2) is 88.7 Å². The zero-order chi connectivity index (χ0) is 16.1. The monoisotopic (exact) mass is 326 g/mol. The molecular weight excluding hydrogens is 312 g/mol. The van der Waals surface area contributed by atoms with Crippen LogP contribution in [0, 0.1) is 0 Å². The van der Waals surface area contributed by atoms with Gasteiger partial charge >= 0.3 is 0 Å². The summed E-state index contributed by atoms with van der Waals surface area (Å²) in [5.74, 6) is 0.306. The van der Waals surface area contributed by atoms with E-state index in [1.54, 1.807) is 6.07 Å². The zero-order valence-corrected chi connectivity index (χ0v) is 13.7. The highest BCUT2D eigenvalue weighted by atomic mass is 32.2. The maximum absolute atomic E-state index is 9.82. The van der Waals surface area contributed by atoms with Crippen molar-refractivity contribution in [1.82, 2.24) is 0 Å². The lowest BCUT2D eigenvalue weighted by Gasteiger charge is -2.11. The van der Waals surface area contributed by atoms with Crippen LogP contribution in [0.25, 0.3) is 33.0 Å². The van der Waals surface area contributed by atoms with Crippen LogP contribution in [0.2, 0.25) is 0 Å². The molecule has 4 aromatic rings. The lowest BCUT2D eigenvalue weighted by Crippen LogP contribution is -1.85. The molecule has 2 heteroatoms. The molecule has 0 amide bonds. The topological polar surface area (TPSA) is 20.2 Å².